The fraction of sp³-hybridized carbons (Fsp3) is 0.217. The van der Waals surface area contributed by atoms with Gasteiger partial charge in [0.15, 0.2) is 5.75 Å². The van der Waals surface area contributed by atoms with Gasteiger partial charge in [0.25, 0.3) is 5.95 Å². The van der Waals surface area contributed by atoms with Gasteiger partial charge in [-0.25, -0.2) is 9.97 Å². The second kappa shape index (κ2) is 8.41. The standard InChI is InChI=1S/C23H24N6OS/c1-27-10-12-28(13-11-27)18-5-7-19(8-6-18)29(30-20-4-2-3-17(24)15-20)23-25-16-22-21(26-23)9-14-31-22/h2-9,14-16H,10-13,24H2,1H3. The van der Waals surface area contributed by atoms with Gasteiger partial charge in [-0.1, -0.05) is 6.07 Å². The van der Waals surface area contributed by atoms with Crippen LogP contribution in [0.5, 0.6) is 5.75 Å². The van der Waals surface area contributed by atoms with Crippen LogP contribution in [0.15, 0.2) is 66.2 Å². The zero-order valence-electron chi connectivity index (χ0n) is 17.3. The zero-order chi connectivity index (χ0) is 21.2. The monoisotopic (exact) mass is 432 g/mol. The average Bonchev–Trinajstić information content (AvgIpc) is 3.26. The van der Waals surface area contributed by atoms with E-state index in [2.05, 4.69) is 34.0 Å². The van der Waals surface area contributed by atoms with E-state index in [1.165, 1.54) is 5.69 Å². The third-order valence-electron chi connectivity index (χ3n) is 5.38. The van der Waals surface area contributed by atoms with Gasteiger partial charge in [0, 0.05) is 43.6 Å². The maximum atomic E-state index is 6.20. The van der Waals surface area contributed by atoms with Crippen molar-refractivity contribution in [2.45, 2.75) is 0 Å². The number of benzene rings is 2. The highest BCUT2D eigenvalue weighted by Crippen LogP contribution is 2.30. The molecule has 0 spiro atoms. The third kappa shape index (κ3) is 4.26. The molecule has 0 amide bonds. The van der Waals surface area contributed by atoms with Gasteiger partial charge in [-0.05, 0) is 54.9 Å². The minimum Gasteiger partial charge on any atom is -0.399 e. The summed E-state index contributed by atoms with van der Waals surface area (Å²) < 4.78 is 1.04. The second-order valence-corrected chi connectivity index (χ2v) is 8.55. The number of thiophene rings is 1. The Balaban J connectivity index is 1.47. The lowest BCUT2D eigenvalue weighted by Gasteiger charge is -2.34. The van der Waals surface area contributed by atoms with E-state index < -0.39 is 0 Å². The minimum atomic E-state index is 0.473. The fourth-order valence-electron chi connectivity index (χ4n) is 3.60. The van der Waals surface area contributed by atoms with Gasteiger partial charge in [0.2, 0.25) is 0 Å². The van der Waals surface area contributed by atoms with Gasteiger partial charge in [-0.3, -0.25) is 0 Å². The summed E-state index contributed by atoms with van der Waals surface area (Å²) in [5, 5.41) is 3.66. The Morgan fingerprint density at radius 2 is 1.84 bits per heavy atom. The van der Waals surface area contributed by atoms with Gasteiger partial charge in [-0.15, -0.1) is 16.4 Å². The van der Waals surface area contributed by atoms with Crippen molar-refractivity contribution in [2.24, 2.45) is 0 Å². The van der Waals surface area contributed by atoms with Crippen LogP contribution in [0.3, 0.4) is 0 Å². The number of hydrogen-bond acceptors (Lipinski definition) is 8. The van der Waals surface area contributed by atoms with Gasteiger partial charge in [0.1, 0.15) is 0 Å². The van der Waals surface area contributed by atoms with Crippen molar-refractivity contribution in [3.63, 3.8) is 0 Å². The quantitative estimate of drug-likeness (QED) is 0.375. The van der Waals surface area contributed by atoms with Crippen molar-refractivity contribution in [3.8, 4) is 5.75 Å². The number of hydrogen-bond donors (Lipinski definition) is 1. The SMILES string of the molecule is CN1CCN(c2ccc(N(Oc3cccc(N)c3)c3ncc4sccc4n3)cc2)CC1. The molecule has 31 heavy (non-hydrogen) atoms. The number of nitrogens with two attached hydrogens (primary N) is 1. The van der Waals surface area contributed by atoms with Crippen molar-refractivity contribution in [2.75, 3.05) is 48.9 Å². The topological polar surface area (TPSA) is 70.8 Å². The molecule has 0 saturated carbocycles. The average molecular weight is 433 g/mol. The van der Waals surface area contributed by atoms with Crippen LogP contribution >= 0.6 is 11.3 Å². The summed E-state index contributed by atoms with van der Waals surface area (Å²) in [5.41, 5.74) is 9.52. The second-order valence-electron chi connectivity index (χ2n) is 7.60. The van der Waals surface area contributed by atoms with Crippen LogP contribution in [0.1, 0.15) is 0 Å². The van der Waals surface area contributed by atoms with E-state index in [1.54, 1.807) is 22.5 Å². The summed E-state index contributed by atoms with van der Waals surface area (Å²) in [7, 11) is 2.16. The molecule has 0 atom stereocenters. The molecule has 0 bridgehead atoms. The maximum absolute atomic E-state index is 6.20. The lowest BCUT2D eigenvalue weighted by atomic mass is 10.2. The molecule has 1 aliphatic heterocycles. The highest BCUT2D eigenvalue weighted by atomic mass is 32.1. The van der Waals surface area contributed by atoms with Crippen LogP contribution in [-0.4, -0.2) is 48.1 Å². The largest absolute Gasteiger partial charge is 0.399 e. The molecule has 5 rings (SSSR count). The lowest BCUT2D eigenvalue weighted by Crippen LogP contribution is -2.44. The number of aromatic nitrogens is 2. The third-order valence-corrected chi connectivity index (χ3v) is 6.22. The molecule has 0 unspecified atom stereocenters. The molecule has 2 aromatic heterocycles. The molecule has 1 aliphatic rings. The van der Waals surface area contributed by atoms with Crippen LogP contribution in [0.25, 0.3) is 10.2 Å². The van der Waals surface area contributed by atoms with Crippen molar-refractivity contribution in [1.29, 1.82) is 0 Å². The maximum Gasteiger partial charge on any atom is 0.264 e. The van der Waals surface area contributed by atoms with Crippen molar-refractivity contribution < 1.29 is 4.84 Å². The summed E-state index contributed by atoms with van der Waals surface area (Å²) >= 11 is 1.62. The summed E-state index contributed by atoms with van der Waals surface area (Å²) in [4.78, 5) is 20.2. The van der Waals surface area contributed by atoms with Gasteiger partial charge in [-0.2, -0.15) is 0 Å². The molecule has 1 fully saturated rings. The Labute approximate surface area is 185 Å². The Morgan fingerprint density at radius 3 is 2.61 bits per heavy atom. The first-order valence-electron chi connectivity index (χ1n) is 10.2. The predicted octanol–water partition coefficient (Wildman–Crippen LogP) is 4.16. The molecular weight excluding hydrogens is 408 g/mol. The summed E-state index contributed by atoms with van der Waals surface area (Å²) in [6.45, 7) is 4.19. The smallest absolute Gasteiger partial charge is 0.264 e. The highest BCUT2D eigenvalue weighted by Gasteiger charge is 2.18. The van der Waals surface area contributed by atoms with Crippen LogP contribution in [0, 0.1) is 0 Å². The van der Waals surface area contributed by atoms with Crippen molar-refractivity contribution >= 4 is 44.6 Å². The number of nitrogens with zero attached hydrogens (tertiary/aromatic N) is 5. The Hall–Kier alpha value is -3.36. The first kappa shape index (κ1) is 19.6. The number of nitrogen functional groups attached to an aromatic ring is 1. The number of fused-ring (bicyclic) bond motifs is 1. The number of piperazine rings is 1. The molecular formula is C23H24N6OS. The fourth-order valence-corrected chi connectivity index (χ4v) is 4.29. The molecule has 0 radical (unpaired) electrons. The Morgan fingerprint density at radius 1 is 1.03 bits per heavy atom. The van der Waals surface area contributed by atoms with Crippen LogP contribution < -0.4 is 20.5 Å². The molecule has 7 nitrogen and oxygen atoms in total. The Bertz CT molecular complexity index is 1170. The molecule has 158 valence electrons. The van der Waals surface area contributed by atoms with Crippen molar-refractivity contribution in [3.05, 3.63) is 66.2 Å². The molecule has 0 aliphatic carbocycles. The summed E-state index contributed by atoms with van der Waals surface area (Å²) in [6, 6.07) is 17.7. The number of rotatable bonds is 5. The van der Waals surface area contributed by atoms with Crippen LogP contribution in [0.4, 0.5) is 23.0 Å². The first-order valence-corrected chi connectivity index (χ1v) is 11.1. The van der Waals surface area contributed by atoms with E-state index in [9.17, 15) is 0 Å². The van der Waals surface area contributed by atoms with Gasteiger partial charge < -0.3 is 20.4 Å². The number of anilines is 4. The van der Waals surface area contributed by atoms with E-state index in [1.807, 2.05) is 48.0 Å². The highest BCUT2D eigenvalue weighted by molar-refractivity contribution is 7.17. The summed E-state index contributed by atoms with van der Waals surface area (Å²) in [5.74, 6) is 1.10. The molecule has 3 heterocycles. The zero-order valence-corrected chi connectivity index (χ0v) is 18.1. The Kier molecular flexibility index (Phi) is 5.31. The van der Waals surface area contributed by atoms with E-state index in [0.29, 0.717) is 17.4 Å². The molecule has 2 aromatic carbocycles. The molecule has 1 saturated heterocycles. The number of likely N-dealkylation sites (N-methyl/N-ethyl adjacent to an activating group) is 1. The van der Waals surface area contributed by atoms with Gasteiger partial charge >= 0.3 is 0 Å². The summed E-state index contributed by atoms with van der Waals surface area (Å²) in [6.07, 6.45) is 1.83. The van der Waals surface area contributed by atoms with E-state index >= 15 is 0 Å². The molecule has 2 N–H and O–H groups in total. The minimum absolute atomic E-state index is 0.473. The molecule has 4 aromatic rings. The predicted molar refractivity (Wildman–Crippen MR) is 127 cm³/mol. The van der Waals surface area contributed by atoms with Crippen LogP contribution in [-0.2, 0) is 0 Å². The van der Waals surface area contributed by atoms with E-state index in [0.717, 1.165) is 42.1 Å². The van der Waals surface area contributed by atoms with Crippen molar-refractivity contribution in [1.82, 2.24) is 14.9 Å². The first-order chi connectivity index (χ1) is 15.2. The van der Waals surface area contributed by atoms with E-state index in [4.69, 9.17) is 15.6 Å². The normalized spacial score (nSPS) is 14.7. The van der Waals surface area contributed by atoms with Crippen LogP contribution in [0.2, 0.25) is 0 Å². The van der Waals surface area contributed by atoms with E-state index in [-0.39, 0.29) is 0 Å². The van der Waals surface area contributed by atoms with Gasteiger partial charge in [0.05, 0.1) is 22.1 Å². The lowest BCUT2D eigenvalue weighted by molar-refractivity contribution is 0.312. The molecule has 8 heteroatoms.